The fourth-order valence-electron chi connectivity index (χ4n) is 2.08. The van der Waals surface area contributed by atoms with Gasteiger partial charge in [0, 0.05) is 10.0 Å². The molecule has 0 amide bonds. The quantitative estimate of drug-likeness (QED) is 0.778. The van der Waals surface area contributed by atoms with Crippen molar-refractivity contribution in [3.63, 3.8) is 0 Å². The van der Waals surface area contributed by atoms with Crippen molar-refractivity contribution in [1.29, 1.82) is 0 Å². The molecule has 4 heteroatoms. The first-order valence-electron chi connectivity index (χ1n) is 6.18. The van der Waals surface area contributed by atoms with E-state index in [2.05, 4.69) is 0 Å². The predicted molar refractivity (Wildman–Crippen MR) is 81.4 cm³/mol. The second kappa shape index (κ2) is 6.78. The Kier molecular flexibility index (Phi) is 5.05. The molecule has 0 fully saturated rings. The van der Waals surface area contributed by atoms with Crippen molar-refractivity contribution < 1.29 is 9.53 Å². The van der Waals surface area contributed by atoms with E-state index in [0.717, 1.165) is 11.1 Å². The minimum atomic E-state index is -0.421. The van der Waals surface area contributed by atoms with E-state index in [1.807, 2.05) is 30.3 Å². The second-order valence-corrected chi connectivity index (χ2v) is 5.27. The van der Waals surface area contributed by atoms with E-state index in [9.17, 15) is 4.79 Å². The minimum Gasteiger partial charge on any atom is -0.469 e. The largest absolute Gasteiger partial charge is 0.469 e. The van der Waals surface area contributed by atoms with Gasteiger partial charge in [-0.1, -0.05) is 53.5 Å². The third kappa shape index (κ3) is 3.53. The number of rotatable bonds is 4. The third-order valence-corrected chi connectivity index (χ3v) is 3.72. The van der Waals surface area contributed by atoms with Gasteiger partial charge in [-0.2, -0.15) is 0 Å². The van der Waals surface area contributed by atoms with E-state index < -0.39 is 5.92 Å². The lowest BCUT2D eigenvalue weighted by molar-refractivity contribution is -0.142. The molecule has 0 spiro atoms. The van der Waals surface area contributed by atoms with Crippen LogP contribution < -0.4 is 0 Å². The molecule has 0 bridgehead atoms. The summed E-state index contributed by atoms with van der Waals surface area (Å²) in [6.45, 7) is 0. The Hall–Kier alpha value is -1.51. The van der Waals surface area contributed by atoms with Crippen LogP contribution in [0, 0.1) is 0 Å². The molecule has 0 N–H and O–H groups in total. The first-order chi connectivity index (χ1) is 9.61. The van der Waals surface area contributed by atoms with E-state index in [1.54, 1.807) is 18.2 Å². The molecule has 0 aliphatic rings. The van der Waals surface area contributed by atoms with Crippen LogP contribution in [0.2, 0.25) is 10.0 Å². The van der Waals surface area contributed by atoms with Crippen molar-refractivity contribution in [3.8, 4) is 0 Å². The van der Waals surface area contributed by atoms with E-state index >= 15 is 0 Å². The van der Waals surface area contributed by atoms with E-state index in [1.165, 1.54) is 7.11 Å². The lowest BCUT2D eigenvalue weighted by atomic mass is 9.92. The molecular weight excluding hydrogens is 295 g/mol. The van der Waals surface area contributed by atoms with Crippen molar-refractivity contribution in [2.45, 2.75) is 12.3 Å². The molecule has 0 saturated heterocycles. The normalized spacial score (nSPS) is 11.9. The summed E-state index contributed by atoms with van der Waals surface area (Å²) >= 11 is 12.1. The molecule has 2 rings (SSSR count). The topological polar surface area (TPSA) is 26.3 Å². The summed E-state index contributed by atoms with van der Waals surface area (Å²) in [7, 11) is 1.38. The number of hydrogen-bond donors (Lipinski definition) is 0. The Labute approximate surface area is 128 Å². The summed E-state index contributed by atoms with van der Waals surface area (Å²) in [4.78, 5) is 12.0. The lowest BCUT2D eigenvalue weighted by Gasteiger charge is -2.16. The van der Waals surface area contributed by atoms with Crippen molar-refractivity contribution in [2.75, 3.05) is 7.11 Å². The molecule has 104 valence electrons. The van der Waals surface area contributed by atoms with E-state index in [0.29, 0.717) is 16.5 Å². The van der Waals surface area contributed by atoms with Crippen LogP contribution in [0.15, 0.2) is 48.5 Å². The average molecular weight is 309 g/mol. The van der Waals surface area contributed by atoms with Gasteiger partial charge >= 0.3 is 5.97 Å². The highest BCUT2D eigenvalue weighted by Crippen LogP contribution is 2.28. The van der Waals surface area contributed by atoms with Crippen LogP contribution in [0.4, 0.5) is 0 Å². The number of carbonyl (C=O) groups is 1. The molecule has 0 unspecified atom stereocenters. The van der Waals surface area contributed by atoms with Gasteiger partial charge in [-0.05, 0) is 35.7 Å². The number of carbonyl (C=O) groups excluding carboxylic acids is 1. The maximum Gasteiger partial charge on any atom is 0.313 e. The monoisotopic (exact) mass is 308 g/mol. The summed E-state index contributed by atoms with van der Waals surface area (Å²) in [5.74, 6) is -0.720. The zero-order chi connectivity index (χ0) is 14.5. The molecule has 2 aromatic rings. The van der Waals surface area contributed by atoms with Crippen molar-refractivity contribution in [1.82, 2.24) is 0 Å². The maximum atomic E-state index is 12.0. The van der Waals surface area contributed by atoms with Crippen molar-refractivity contribution >= 4 is 29.2 Å². The maximum absolute atomic E-state index is 12.0. The summed E-state index contributed by atoms with van der Waals surface area (Å²) in [5.41, 5.74) is 1.78. The molecule has 1 atom stereocenters. The summed E-state index contributed by atoms with van der Waals surface area (Å²) in [6, 6.07) is 14.7. The van der Waals surface area contributed by atoms with E-state index in [4.69, 9.17) is 27.9 Å². The molecule has 2 nitrogen and oxygen atoms in total. The number of halogens is 2. The highest BCUT2D eigenvalue weighted by molar-refractivity contribution is 6.31. The molecule has 20 heavy (non-hydrogen) atoms. The van der Waals surface area contributed by atoms with E-state index in [-0.39, 0.29) is 5.97 Å². The molecule has 0 saturated carbocycles. The number of hydrogen-bond acceptors (Lipinski definition) is 2. The smallest absolute Gasteiger partial charge is 0.313 e. The van der Waals surface area contributed by atoms with Gasteiger partial charge in [-0.25, -0.2) is 0 Å². The summed E-state index contributed by atoms with van der Waals surface area (Å²) < 4.78 is 4.89. The zero-order valence-electron chi connectivity index (χ0n) is 11.0. The minimum absolute atomic E-state index is 0.298. The van der Waals surface area contributed by atoms with Gasteiger partial charge in [0.2, 0.25) is 0 Å². The van der Waals surface area contributed by atoms with Crippen LogP contribution in [-0.2, 0) is 16.0 Å². The predicted octanol–water partition coefficient (Wildman–Crippen LogP) is 4.49. The Bertz CT molecular complexity index is 594. The molecule has 2 aromatic carbocycles. The van der Waals surface area contributed by atoms with Gasteiger partial charge in [0.1, 0.15) is 0 Å². The number of methoxy groups -OCH3 is 1. The van der Waals surface area contributed by atoms with Crippen molar-refractivity contribution in [3.05, 3.63) is 69.7 Å². The van der Waals surface area contributed by atoms with Gasteiger partial charge in [-0.3, -0.25) is 4.79 Å². The van der Waals surface area contributed by atoms with Crippen LogP contribution in [0.5, 0.6) is 0 Å². The van der Waals surface area contributed by atoms with Gasteiger partial charge in [-0.15, -0.1) is 0 Å². The lowest BCUT2D eigenvalue weighted by Crippen LogP contribution is -2.17. The Balaban J connectivity index is 2.31. The Morgan fingerprint density at radius 1 is 1.10 bits per heavy atom. The third-order valence-electron chi connectivity index (χ3n) is 3.12. The highest BCUT2D eigenvalue weighted by atomic mass is 35.5. The fraction of sp³-hybridized carbons (Fsp3) is 0.188. The zero-order valence-corrected chi connectivity index (χ0v) is 12.5. The number of benzene rings is 2. The summed E-state index contributed by atoms with van der Waals surface area (Å²) in [5, 5.41) is 1.23. The van der Waals surface area contributed by atoms with Gasteiger partial charge in [0.25, 0.3) is 0 Å². The van der Waals surface area contributed by atoms with Crippen LogP contribution in [-0.4, -0.2) is 13.1 Å². The molecule has 0 heterocycles. The SMILES string of the molecule is COC(=O)[C@@H](Cc1ccc(Cl)cc1)c1ccccc1Cl. The van der Waals surface area contributed by atoms with Gasteiger partial charge in [0.05, 0.1) is 13.0 Å². The molecule has 0 aliphatic carbocycles. The molecule has 0 radical (unpaired) electrons. The average Bonchev–Trinajstić information content (AvgIpc) is 2.47. The Morgan fingerprint density at radius 2 is 1.75 bits per heavy atom. The van der Waals surface area contributed by atoms with Crippen LogP contribution >= 0.6 is 23.2 Å². The summed E-state index contributed by atoms with van der Waals surface area (Å²) in [6.07, 6.45) is 0.521. The first kappa shape index (κ1) is 14.9. The fourth-order valence-corrected chi connectivity index (χ4v) is 2.47. The first-order valence-corrected chi connectivity index (χ1v) is 6.94. The van der Waals surface area contributed by atoms with Gasteiger partial charge < -0.3 is 4.74 Å². The van der Waals surface area contributed by atoms with Crippen LogP contribution in [0.25, 0.3) is 0 Å². The van der Waals surface area contributed by atoms with Crippen LogP contribution in [0.3, 0.4) is 0 Å². The highest BCUT2D eigenvalue weighted by Gasteiger charge is 2.23. The second-order valence-electron chi connectivity index (χ2n) is 4.43. The Morgan fingerprint density at radius 3 is 2.35 bits per heavy atom. The van der Waals surface area contributed by atoms with Gasteiger partial charge in [0.15, 0.2) is 0 Å². The van der Waals surface area contributed by atoms with Crippen molar-refractivity contribution in [2.24, 2.45) is 0 Å². The molecular formula is C16H14Cl2O2. The molecule has 0 aliphatic heterocycles. The van der Waals surface area contributed by atoms with Crippen LogP contribution in [0.1, 0.15) is 17.0 Å². The number of esters is 1. The molecule has 0 aromatic heterocycles. The standard InChI is InChI=1S/C16H14Cl2O2/c1-20-16(19)14(13-4-2-3-5-15(13)18)10-11-6-8-12(17)9-7-11/h2-9,14H,10H2,1H3/t14-/m0/s1. The number of ether oxygens (including phenoxy) is 1.